The summed E-state index contributed by atoms with van der Waals surface area (Å²) in [5.41, 5.74) is 5.90. The highest BCUT2D eigenvalue weighted by atomic mass is 16.5. The van der Waals surface area contributed by atoms with Crippen LogP contribution in [0.3, 0.4) is 0 Å². The molecule has 0 aromatic carbocycles. The Morgan fingerprint density at radius 1 is 1.50 bits per heavy atom. The van der Waals surface area contributed by atoms with Gasteiger partial charge in [-0.2, -0.15) is 0 Å². The summed E-state index contributed by atoms with van der Waals surface area (Å²) in [5.74, 6) is 1.24. The lowest BCUT2D eigenvalue weighted by molar-refractivity contribution is 0.0240. The Kier molecular flexibility index (Phi) is 2.69. The normalized spacial score (nSPS) is 34.8. The van der Waals surface area contributed by atoms with E-state index in [1.54, 1.807) is 0 Å². The first-order valence-corrected chi connectivity index (χ1v) is 4.05. The van der Waals surface area contributed by atoms with Crippen LogP contribution in [0.1, 0.15) is 20.3 Å². The van der Waals surface area contributed by atoms with Gasteiger partial charge in [-0.05, 0) is 18.3 Å². The Morgan fingerprint density at radius 3 is 2.60 bits per heavy atom. The molecule has 1 heterocycles. The fourth-order valence-electron chi connectivity index (χ4n) is 1.46. The van der Waals surface area contributed by atoms with Gasteiger partial charge < -0.3 is 10.5 Å². The van der Waals surface area contributed by atoms with Gasteiger partial charge in [-0.1, -0.05) is 13.8 Å². The number of ether oxygens (including phenoxy) is 1. The minimum atomic E-state index is 0.369. The molecule has 1 saturated heterocycles. The molecular weight excluding hydrogens is 126 g/mol. The third-order valence-electron chi connectivity index (χ3n) is 2.31. The molecule has 1 aliphatic rings. The number of nitrogens with two attached hydrogens (primary N) is 1. The SMILES string of the molecule is CC(C)[C@H]1COCCC1N. The third kappa shape index (κ3) is 1.70. The van der Waals surface area contributed by atoms with E-state index in [1.165, 1.54) is 0 Å². The number of rotatable bonds is 1. The van der Waals surface area contributed by atoms with E-state index in [2.05, 4.69) is 13.8 Å². The van der Waals surface area contributed by atoms with Gasteiger partial charge in [0.25, 0.3) is 0 Å². The van der Waals surface area contributed by atoms with E-state index >= 15 is 0 Å². The summed E-state index contributed by atoms with van der Waals surface area (Å²) in [6.07, 6.45) is 1.03. The Bertz CT molecular complexity index is 103. The highest BCUT2D eigenvalue weighted by Crippen LogP contribution is 2.20. The van der Waals surface area contributed by atoms with Crippen LogP contribution in [0.25, 0.3) is 0 Å². The molecule has 0 aromatic rings. The van der Waals surface area contributed by atoms with Crippen LogP contribution in [0, 0.1) is 11.8 Å². The number of hydrogen-bond donors (Lipinski definition) is 1. The van der Waals surface area contributed by atoms with Crippen LogP contribution in [0.15, 0.2) is 0 Å². The average molecular weight is 143 g/mol. The number of hydrogen-bond acceptors (Lipinski definition) is 2. The summed E-state index contributed by atoms with van der Waals surface area (Å²) in [5, 5.41) is 0. The molecule has 0 spiro atoms. The van der Waals surface area contributed by atoms with Crippen molar-refractivity contribution in [2.45, 2.75) is 26.3 Å². The summed E-state index contributed by atoms with van der Waals surface area (Å²) >= 11 is 0. The summed E-state index contributed by atoms with van der Waals surface area (Å²) in [4.78, 5) is 0. The molecule has 0 aliphatic carbocycles. The summed E-state index contributed by atoms with van der Waals surface area (Å²) < 4.78 is 5.33. The van der Waals surface area contributed by atoms with Crippen LogP contribution in [0.2, 0.25) is 0 Å². The molecule has 2 N–H and O–H groups in total. The lowest BCUT2D eigenvalue weighted by Gasteiger charge is -2.31. The molecule has 2 atom stereocenters. The van der Waals surface area contributed by atoms with Crippen LogP contribution in [0.4, 0.5) is 0 Å². The second kappa shape index (κ2) is 3.35. The average Bonchev–Trinajstić information content (AvgIpc) is 1.88. The van der Waals surface area contributed by atoms with Crippen LogP contribution < -0.4 is 5.73 Å². The van der Waals surface area contributed by atoms with Crippen molar-refractivity contribution in [1.29, 1.82) is 0 Å². The topological polar surface area (TPSA) is 35.2 Å². The van der Waals surface area contributed by atoms with Crippen molar-refractivity contribution in [3.05, 3.63) is 0 Å². The highest BCUT2D eigenvalue weighted by molar-refractivity contribution is 4.78. The largest absolute Gasteiger partial charge is 0.381 e. The van der Waals surface area contributed by atoms with Gasteiger partial charge in [0.05, 0.1) is 6.61 Å². The quantitative estimate of drug-likeness (QED) is 0.594. The van der Waals surface area contributed by atoms with Crippen molar-refractivity contribution in [2.24, 2.45) is 17.6 Å². The molecular formula is C8H17NO. The second-order valence-electron chi connectivity index (χ2n) is 3.44. The molecule has 0 aromatic heterocycles. The fourth-order valence-corrected chi connectivity index (χ4v) is 1.46. The fraction of sp³-hybridized carbons (Fsp3) is 1.00. The molecule has 2 heteroatoms. The van der Waals surface area contributed by atoms with Gasteiger partial charge in [0, 0.05) is 12.6 Å². The van der Waals surface area contributed by atoms with Crippen LogP contribution in [0.5, 0.6) is 0 Å². The van der Waals surface area contributed by atoms with E-state index in [0.717, 1.165) is 19.6 Å². The first kappa shape index (κ1) is 8.02. The molecule has 1 unspecified atom stereocenters. The predicted molar refractivity (Wildman–Crippen MR) is 41.7 cm³/mol. The Hall–Kier alpha value is -0.0800. The zero-order valence-corrected chi connectivity index (χ0v) is 6.84. The lowest BCUT2D eigenvalue weighted by atomic mass is 9.87. The van der Waals surface area contributed by atoms with E-state index in [-0.39, 0.29) is 0 Å². The molecule has 0 bridgehead atoms. The van der Waals surface area contributed by atoms with Gasteiger partial charge >= 0.3 is 0 Å². The van der Waals surface area contributed by atoms with Crippen molar-refractivity contribution < 1.29 is 4.74 Å². The van der Waals surface area contributed by atoms with Crippen LogP contribution in [-0.2, 0) is 4.74 Å². The maximum absolute atomic E-state index is 5.90. The van der Waals surface area contributed by atoms with E-state index in [0.29, 0.717) is 17.9 Å². The van der Waals surface area contributed by atoms with Gasteiger partial charge in [-0.25, -0.2) is 0 Å². The molecule has 10 heavy (non-hydrogen) atoms. The molecule has 60 valence electrons. The zero-order valence-electron chi connectivity index (χ0n) is 6.84. The monoisotopic (exact) mass is 143 g/mol. The van der Waals surface area contributed by atoms with Gasteiger partial charge in [0.1, 0.15) is 0 Å². The van der Waals surface area contributed by atoms with Gasteiger partial charge in [-0.3, -0.25) is 0 Å². The Morgan fingerprint density at radius 2 is 2.20 bits per heavy atom. The Labute approximate surface area is 62.7 Å². The van der Waals surface area contributed by atoms with E-state index in [4.69, 9.17) is 10.5 Å². The molecule has 0 saturated carbocycles. The van der Waals surface area contributed by atoms with Crippen LogP contribution in [-0.4, -0.2) is 19.3 Å². The first-order chi connectivity index (χ1) is 4.72. The third-order valence-corrected chi connectivity index (χ3v) is 2.31. The van der Waals surface area contributed by atoms with Gasteiger partial charge in [0.15, 0.2) is 0 Å². The molecule has 2 nitrogen and oxygen atoms in total. The second-order valence-corrected chi connectivity index (χ2v) is 3.44. The van der Waals surface area contributed by atoms with E-state index < -0.39 is 0 Å². The zero-order chi connectivity index (χ0) is 7.56. The maximum atomic E-state index is 5.90. The molecule has 1 fully saturated rings. The smallest absolute Gasteiger partial charge is 0.0511 e. The Balaban J connectivity index is 2.40. The summed E-state index contributed by atoms with van der Waals surface area (Å²) in [6.45, 7) is 6.13. The molecule has 0 radical (unpaired) electrons. The molecule has 1 rings (SSSR count). The van der Waals surface area contributed by atoms with Crippen molar-refractivity contribution in [1.82, 2.24) is 0 Å². The van der Waals surface area contributed by atoms with Crippen molar-refractivity contribution in [3.63, 3.8) is 0 Å². The van der Waals surface area contributed by atoms with Crippen molar-refractivity contribution >= 4 is 0 Å². The van der Waals surface area contributed by atoms with Crippen molar-refractivity contribution in [2.75, 3.05) is 13.2 Å². The van der Waals surface area contributed by atoms with E-state index in [9.17, 15) is 0 Å². The summed E-state index contributed by atoms with van der Waals surface area (Å²) in [7, 11) is 0. The van der Waals surface area contributed by atoms with Crippen molar-refractivity contribution in [3.8, 4) is 0 Å². The standard InChI is InChI=1S/C8H17NO/c1-6(2)7-5-10-4-3-8(7)9/h6-8H,3-5,9H2,1-2H3/t7-,8?/m1/s1. The molecule has 0 amide bonds. The maximum Gasteiger partial charge on any atom is 0.0511 e. The van der Waals surface area contributed by atoms with Gasteiger partial charge in [-0.15, -0.1) is 0 Å². The minimum absolute atomic E-state index is 0.369. The highest BCUT2D eigenvalue weighted by Gasteiger charge is 2.24. The first-order valence-electron chi connectivity index (χ1n) is 4.05. The lowest BCUT2D eigenvalue weighted by Crippen LogP contribution is -2.41. The predicted octanol–water partition coefficient (Wildman–Crippen LogP) is 1.01. The minimum Gasteiger partial charge on any atom is -0.381 e. The van der Waals surface area contributed by atoms with Crippen LogP contribution >= 0.6 is 0 Å². The summed E-state index contributed by atoms with van der Waals surface area (Å²) in [6, 6.07) is 0.369. The van der Waals surface area contributed by atoms with E-state index in [1.807, 2.05) is 0 Å². The van der Waals surface area contributed by atoms with Gasteiger partial charge in [0.2, 0.25) is 0 Å². The molecule has 1 aliphatic heterocycles.